The molecule has 0 bridgehead atoms. The van der Waals surface area contributed by atoms with Crippen molar-refractivity contribution in [2.45, 2.75) is 38.5 Å². The quantitative estimate of drug-likeness (QED) is 0.824. The fraction of sp³-hybridized carbons (Fsp3) is 0.737. The third-order valence-electron chi connectivity index (χ3n) is 5.27. The Morgan fingerprint density at radius 2 is 2.33 bits per heavy atom. The van der Waals surface area contributed by atoms with Crippen molar-refractivity contribution in [1.29, 1.82) is 0 Å². The molecule has 2 fully saturated rings. The lowest BCUT2D eigenvalue weighted by atomic mass is 9.93. The maximum Gasteiger partial charge on any atom is 0.104 e. The van der Waals surface area contributed by atoms with Gasteiger partial charge in [0.05, 0.1) is 19.8 Å². The van der Waals surface area contributed by atoms with Crippen molar-refractivity contribution in [2.75, 3.05) is 46.5 Å². The van der Waals surface area contributed by atoms with Gasteiger partial charge in [0.2, 0.25) is 0 Å². The Hall–Kier alpha value is -1.01. The molecule has 2 aliphatic heterocycles. The number of rotatable bonds is 5. The summed E-state index contributed by atoms with van der Waals surface area (Å²) in [5.41, 5.74) is 1.12. The van der Waals surface area contributed by atoms with Gasteiger partial charge in [-0.15, -0.1) is 0 Å². The van der Waals surface area contributed by atoms with E-state index in [1.165, 1.54) is 5.56 Å². The van der Waals surface area contributed by atoms with Crippen LogP contribution >= 0.6 is 0 Å². The summed E-state index contributed by atoms with van der Waals surface area (Å²) >= 11 is 0. The number of nitrogens with zero attached hydrogens (tertiary/aromatic N) is 3. The Labute approximate surface area is 145 Å². The maximum atomic E-state index is 6.31. The molecule has 2 atom stereocenters. The summed E-state index contributed by atoms with van der Waals surface area (Å²) in [6, 6.07) is 4.72. The van der Waals surface area contributed by atoms with E-state index in [0.717, 1.165) is 52.4 Å². The van der Waals surface area contributed by atoms with Gasteiger partial charge in [0.25, 0.3) is 0 Å². The molecule has 3 heterocycles. The van der Waals surface area contributed by atoms with Gasteiger partial charge in [0, 0.05) is 44.6 Å². The van der Waals surface area contributed by atoms with E-state index in [1.54, 1.807) is 0 Å². The molecule has 5 nitrogen and oxygen atoms in total. The summed E-state index contributed by atoms with van der Waals surface area (Å²) in [4.78, 5) is 9.10. The van der Waals surface area contributed by atoms with E-state index in [-0.39, 0.29) is 5.60 Å². The predicted molar refractivity (Wildman–Crippen MR) is 94.9 cm³/mol. The second-order valence-electron chi connectivity index (χ2n) is 7.72. The van der Waals surface area contributed by atoms with Crippen LogP contribution in [0.25, 0.3) is 0 Å². The molecule has 1 aromatic rings. The molecule has 0 unspecified atom stereocenters. The molecule has 3 rings (SSSR count). The molecule has 5 heteroatoms. The first-order chi connectivity index (χ1) is 11.6. The van der Waals surface area contributed by atoms with Crippen LogP contribution in [0.1, 0.15) is 25.8 Å². The highest BCUT2D eigenvalue weighted by Gasteiger charge is 2.43. The minimum Gasteiger partial charge on any atom is -0.377 e. The highest BCUT2D eigenvalue weighted by Crippen LogP contribution is 2.33. The summed E-state index contributed by atoms with van der Waals surface area (Å²) < 4.78 is 12.2. The second-order valence-corrected chi connectivity index (χ2v) is 7.72. The number of aromatic nitrogens is 1. The van der Waals surface area contributed by atoms with E-state index in [1.807, 2.05) is 18.5 Å². The summed E-state index contributed by atoms with van der Waals surface area (Å²) in [5, 5.41) is 0. The Balaban J connectivity index is 1.60. The molecule has 0 aliphatic carbocycles. The first-order valence-electron chi connectivity index (χ1n) is 9.09. The fourth-order valence-electron chi connectivity index (χ4n) is 3.75. The summed E-state index contributed by atoms with van der Waals surface area (Å²) in [6.45, 7) is 10.8. The van der Waals surface area contributed by atoms with E-state index in [0.29, 0.717) is 12.0 Å². The van der Waals surface area contributed by atoms with Gasteiger partial charge in [-0.3, -0.25) is 9.88 Å². The number of pyridine rings is 1. The highest BCUT2D eigenvalue weighted by molar-refractivity contribution is 5.08. The fourth-order valence-corrected chi connectivity index (χ4v) is 3.75. The van der Waals surface area contributed by atoms with Gasteiger partial charge in [-0.1, -0.05) is 6.07 Å². The largest absolute Gasteiger partial charge is 0.377 e. The standard InChI is InChI=1S/C19H31N3O2/c1-16(2)21(3)11-18-9-19(24-13-18)14-22(7-8-23-15-19)12-17-5-4-6-20-10-17/h4-6,10,16,18H,7-9,11-15H2,1-3H3/t18-,19-/m1/s1. The lowest BCUT2D eigenvalue weighted by molar-refractivity contribution is -0.0563. The van der Waals surface area contributed by atoms with Crippen molar-refractivity contribution >= 4 is 0 Å². The van der Waals surface area contributed by atoms with Crippen LogP contribution in [0.3, 0.4) is 0 Å². The van der Waals surface area contributed by atoms with Gasteiger partial charge < -0.3 is 14.4 Å². The zero-order chi connectivity index (χ0) is 17.0. The van der Waals surface area contributed by atoms with Gasteiger partial charge >= 0.3 is 0 Å². The summed E-state index contributed by atoms with van der Waals surface area (Å²) in [5.74, 6) is 0.597. The molecule has 1 aromatic heterocycles. The van der Waals surface area contributed by atoms with Gasteiger partial charge in [-0.05, 0) is 44.9 Å². The molecular formula is C19H31N3O2. The van der Waals surface area contributed by atoms with Crippen LogP contribution in [0.15, 0.2) is 24.5 Å². The van der Waals surface area contributed by atoms with Gasteiger partial charge in [0.1, 0.15) is 5.60 Å². The number of ether oxygens (including phenoxy) is 2. The molecule has 0 aromatic carbocycles. The SMILES string of the molecule is CC(C)N(C)C[C@@H]1CO[C@]2(COCCN(Cc3cccnc3)C2)C1. The first-order valence-corrected chi connectivity index (χ1v) is 9.09. The Morgan fingerprint density at radius 1 is 1.46 bits per heavy atom. The summed E-state index contributed by atoms with van der Waals surface area (Å²) in [7, 11) is 2.20. The molecule has 1 spiro atoms. The Kier molecular flexibility index (Phi) is 5.87. The topological polar surface area (TPSA) is 37.8 Å². The van der Waals surface area contributed by atoms with Crippen LogP contribution in [-0.2, 0) is 16.0 Å². The second kappa shape index (κ2) is 7.91. The van der Waals surface area contributed by atoms with Crippen LogP contribution in [0.5, 0.6) is 0 Å². The van der Waals surface area contributed by atoms with E-state index < -0.39 is 0 Å². The minimum absolute atomic E-state index is 0.138. The molecular weight excluding hydrogens is 302 g/mol. The number of hydrogen-bond acceptors (Lipinski definition) is 5. The molecule has 0 amide bonds. The van der Waals surface area contributed by atoms with Crippen LogP contribution in [-0.4, -0.2) is 72.9 Å². The van der Waals surface area contributed by atoms with Crippen molar-refractivity contribution in [3.8, 4) is 0 Å². The molecule has 0 radical (unpaired) electrons. The maximum absolute atomic E-state index is 6.31. The molecule has 134 valence electrons. The van der Waals surface area contributed by atoms with Crippen LogP contribution < -0.4 is 0 Å². The van der Waals surface area contributed by atoms with E-state index in [2.05, 4.69) is 41.7 Å². The van der Waals surface area contributed by atoms with E-state index >= 15 is 0 Å². The Morgan fingerprint density at radius 3 is 3.08 bits per heavy atom. The molecule has 2 saturated heterocycles. The average molecular weight is 333 g/mol. The lowest BCUT2D eigenvalue weighted by Gasteiger charge is -2.31. The van der Waals surface area contributed by atoms with Crippen molar-refractivity contribution in [3.63, 3.8) is 0 Å². The third kappa shape index (κ3) is 4.54. The third-order valence-corrected chi connectivity index (χ3v) is 5.27. The van der Waals surface area contributed by atoms with Crippen molar-refractivity contribution in [2.24, 2.45) is 5.92 Å². The van der Waals surface area contributed by atoms with E-state index in [9.17, 15) is 0 Å². The van der Waals surface area contributed by atoms with Crippen molar-refractivity contribution in [3.05, 3.63) is 30.1 Å². The number of hydrogen-bond donors (Lipinski definition) is 0. The van der Waals surface area contributed by atoms with Gasteiger partial charge in [-0.25, -0.2) is 0 Å². The zero-order valence-electron chi connectivity index (χ0n) is 15.3. The van der Waals surface area contributed by atoms with E-state index in [4.69, 9.17) is 9.47 Å². The zero-order valence-corrected chi connectivity index (χ0v) is 15.3. The van der Waals surface area contributed by atoms with Crippen molar-refractivity contribution < 1.29 is 9.47 Å². The molecule has 0 N–H and O–H groups in total. The van der Waals surface area contributed by atoms with Crippen molar-refractivity contribution in [1.82, 2.24) is 14.8 Å². The average Bonchev–Trinajstić information content (AvgIpc) is 2.83. The normalized spacial score (nSPS) is 28.8. The monoisotopic (exact) mass is 333 g/mol. The summed E-state index contributed by atoms with van der Waals surface area (Å²) in [6.07, 6.45) is 4.87. The molecule has 0 saturated carbocycles. The molecule has 2 aliphatic rings. The first kappa shape index (κ1) is 17.8. The highest BCUT2D eigenvalue weighted by atomic mass is 16.5. The molecule has 24 heavy (non-hydrogen) atoms. The van der Waals surface area contributed by atoms with Gasteiger partial charge in [0.15, 0.2) is 0 Å². The Bertz CT molecular complexity index is 511. The van der Waals surface area contributed by atoms with Crippen LogP contribution in [0.4, 0.5) is 0 Å². The van der Waals surface area contributed by atoms with Gasteiger partial charge in [-0.2, -0.15) is 0 Å². The van der Waals surface area contributed by atoms with Crippen LogP contribution in [0.2, 0.25) is 0 Å². The smallest absolute Gasteiger partial charge is 0.104 e. The van der Waals surface area contributed by atoms with Crippen LogP contribution in [0, 0.1) is 5.92 Å². The minimum atomic E-state index is -0.138. The lowest BCUT2D eigenvalue weighted by Crippen LogP contribution is -2.44. The predicted octanol–water partition coefficient (Wildman–Crippen LogP) is 2.03.